The van der Waals surface area contributed by atoms with Crippen molar-refractivity contribution >= 4 is 12.0 Å². The molecule has 0 saturated heterocycles. The van der Waals surface area contributed by atoms with E-state index in [-0.39, 0.29) is 13.2 Å². The van der Waals surface area contributed by atoms with Crippen molar-refractivity contribution in [1.29, 1.82) is 0 Å². The van der Waals surface area contributed by atoms with Crippen molar-refractivity contribution in [1.82, 2.24) is 5.32 Å². The number of rotatable bonds is 6. The minimum atomic E-state index is -0.890. The van der Waals surface area contributed by atoms with E-state index in [0.29, 0.717) is 0 Å². The first-order chi connectivity index (χ1) is 8.63. The molecule has 1 rings (SSSR count). The Bertz CT molecular complexity index is 394. The second kappa shape index (κ2) is 7.29. The van der Waals surface area contributed by atoms with Gasteiger partial charge in [0.25, 0.3) is 0 Å². The Labute approximate surface area is 105 Å². The van der Waals surface area contributed by atoms with Crippen LogP contribution in [0, 0.1) is 0 Å². The molecule has 0 bridgehead atoms. The third kappa shape index (κ3) is 4.84. The standard InChI is InChI=1S/C12H16N2O4/c1-17-8-10(11(13)15)14-12(16)18-7-9-5-3-2-4-6-9/h2-6,10H,7-8H2,1H3,(H2,13,15)(H,14,16). The van der Waals surface area contributed by atoms with E-state index in [1.807, 2.05) is 30.3 Å². The second-order valence-electron chi connectivity index (χ2n) is 3.62. The number of amides is 2. The van der Waals surface area contributed by atoms with Crippen LogP contribution in [0.2, 0.25) is 0 Å². The van der Waals surface area contributed by atoms with Crippen LogP contribution in [-0.4, -0.2) is 31.8 Å². The van der Waals surface area contributed by atoms with Gasteiger partial charge in [0.2, 0.25) is 5.91 Å². The first-order valence-corrected chi connectivity index (χ1v) is 5.39. The highest BCUT2D eigenvalue weighted by molar-refractivity contribution is 5.84. The molecule has 0 aliphatic carbocycles. The Kier molecular flexibility index (Phi) is 5.66. The summed E-state index contributed by atoms with van der Waals surface area (Å²) in [4.78, 5) is 22.4. The number of methoxy groups -OCH3 is 1. The van der Waals surface area contributed by atoms with Crippen LogP contribution in [0.3, 0.4) is 0 Å². The summed E-state index contributed by atoms with van der Waals surface area (Å²) >= 11 is 0. The van der Waals surface area contributed by atoms with Crippen molar-refractivity contribution in [3.05, 3.63) is 35.9 Å². The normalized spacial score (nSPS) is 11.6. The zero-order valence-electron chi connectivity index (χ0n) is 10.1. The molecule has 0 radical (unpaired) electrons. The molecule has 0 heterocycles. The number of hydrogen-bond acceptors (Lipinski definition) is 4. The Balaban J connectivity index is 2.39. The zero-order chi connectivity index (χ0) is 13.4. The van der Waals surface area contributed by atoms with E-state index in [1.165, 1.54) is 7.11 Å². The van der Waals surface area contributed by atoms with Gasteiger partial charge in [-0.05, 0) is 5.56 Å². The molecule has 98 valence electrons. The van der Waals surface area contributed by atoms with Crippen LogP contribution in [0.1, 0.15) is 5.56 Å². The topological polar surface area (TPSA) is 90.7 Å². The van der Waals surface area contributed by atoms with Crippen LogP contribution < -0.4 is 11.1 Å². The monoisotopic (exact) mass is 252 g/mol. The molecule has 1 atom stereocenters. The fourth-order valence-electron chi connectivity index (χ4n) is 1.27. The highest BCUT2D eigenvalue weighted by atomic mass is 16.5. The number of primary amides is 1. The van der Waals surface area contributed by atoms with Crippen LogP contribution >= 0.6 is 0 Å². The number of hydrogen-bond donors (Lipinski definition) is 2. The van der Waals surface area contributed by atoms with Gasteiger partial charge in [0.15, 0.2) is 0 Å². The lowest BCUT2D eigenvalue weighted by Gasteiger charge is -2.14. The average Bonchev–Trinajstić information content (AvgIpc) is 2.37. The fraction of sp³-hybridized carbons (Fsp3) is 0.333. The maximum atomic E-state index is 11.4. The van der Waals surface area contributed by atoms with Gasteiger partial charge in [-0.3, -0.25) is 4.79 Å². The molecule has 1 aromatic carbocycles. The summed E-state index contributed by atoms with van der Waals surface area (Å²) < 4.78 is 9.70. The lowest BCUT2D eigenvalue weighted by atomic mass is 10.2. The summed E-state index contributed by atoms with van der Waals surface area (Å²) in [5, 5.41) is 2.33. The number of benzene rings is 1. The van der Waals surface area contributed by atoms with E-state index >= 15 is 0 Å². The smallest absolute Gasteiger partial charge is 0.408 e. The van der Waals surface area contributed by atoms with Gasteiger partial charge in [-0.25, -0.2) is 4.79 Å². The van der Waals surface area contributed by atoms with Crippen molar-refractivity contribution in [3.8, 4) is 0 Å². The Morgan fingerprint density at radius 2 is 2.00 bits per heavy atom. The molecular formula is C12H16N2O4. The molecule has 6 heteroatoms. The van der Waals surface area contributed by atoms with Gasteiger partial charge in [0.05, 0.1) is 6.61 Å². The van der Waals surface area contributed by atoms with Crippen molar-refractivity contribution in [2.45, 2.75) is 12.6 Å². The largest absolute Gasteiger partial charge is 0.445 e. The van der Waals surface area contributed by atoms with E-state index in [4.69, 9.17) is 15.2 Å². The van der Waals surface area contributed by atoms with Gasteiger partial charge in [-0.15, -0.1) is 0 Å². The Hall–Kier alpha value is -2.08. The molecule has 0 saturated carbocycles. The molecule has 6 nitrogen and oxygen atoms in total. The highest BCUT2D eigenvalue weighted by Crippen LogP contribution is 2.00. The van der Waals surface area contributed by atoms with Gasteiger partial charge in [-0.1, -0.05) is 30.3 Å². The quantitative estimate of drug-likeness (QED) is 0.767. The predicted molar refractivity (Wildman–Crippen MR) is 64.6 cm³/mol. The van der Waals surface area contributed by atoms with E-state index in [0.717, 1.165) is 5.56 Å². The summed E-state index contributed by atoms with van der Waals surface area (Å²) in [5.41, 5.74) is 5.95. The van der Waals surface area contributed by atoms with Crippen LogP contribution in [0.4, 0.5) is 4.79 Å². The molecule has 1 unspecified atom stereocenters. The molecule has 0 spiro atoms. The molecule has 0 aliphatic rings. The molecule has 3 N–H and O–H groups in total. The zero-order valence-corrected chi connectivity index (χ0v) is 10.1. The summed E-state index contributed by atoms with van der Waals surface area (Å²) in [5.74, 6) is -0.673. The molecule has 0 fully saturated rings. The van der Waals surface area contributed by atoms with Crippen LogP contribution in [0.5, 0.6) is 0 Å². The third-order valence-corrected chi connectivity index (χ3v) is 2.18. The molecule has 2 amide bonds. The van der Waals surface area contributed by atoms with Crippen LogP contribution in [0.15, 0.2) is 30.3 Å². The number of nitrogens with two attached hydrogens (primary N) is 1. The number of carbonyl (C=O) groups excluding carboxylic acids is 2. The average molecular weight is 252 g/mol. The number of alkyl carbamates (subject to hydrolysis) is 1. The predicted octanol–water partition coefficient (Wildman–Crippen LogP) is 0.413. The Morgan fingerprint density at radius 1 is 1.33 bits per heavy atom. The number of nitrogens with one attached hydrogen (secondary N) is 1. The maximum Gasteiger partial charge on any atom is 0.408 e. The van der Waals surface area contributed by atoms with Crippen molar-refractivity contribution in [2.75, 3.05) is 13.7 Å². The molecule has 18 heavy (non-hydrogen) atoms. The Morgan fingerprint density at radius 3 is 2.56 bits per heavy atom. The first-order valence-electron chi connectivity index (χ1n) is 5.39. The van der Waals surface area contributed by atoms with Crippen molar-refractivity contribution in [2.24, 2.45) is 5.73 Å². The third-order valence-electron chi connectivity index (χ3n) is 2.18. The van der Waals surface area contributed by atoms with Gasteiger partial charge in [0.1, 0.15) is 12.6 Å². The molecule has 0 aliphatic heterocycles. The number of carbonyl (C=O) groups is 2. The minimum absolute atomic E-state index is 0.00969. The van der Waals surface area contributed by atoms with E-state index in [1.54, 1.807) is 0 Å². The van der Waals surface area contributed by atoms with E-state index in [2.05, 4.69) is 5.32 Å². The van der Waals surface area contributed by atoms with E-state index in [9.17, 15) is 9.59 Å². The molecule has 0 aromatic heterocycles. The van der Waals surface area contributed by atoms with Crippen LogP contribution in [-0.2, 0) is 20.9 Å². The SMILES string of the molecule is COCC(NC(=O)OCc1ccccc1)C(N)=O. The lowest BCUT2D eigenvalue weighted by Crippen LogP contribution is -2.47. The molecule has 1 aromatic rings. The fourth-order valence-corrected chi connectivity index (χ4v) is 1.27. The minimum Gasteiger partial charge on any atom is -0.445 e. The lowest BCUT2D eigenvalue weighted by molar-refractivity contribution is -0.121. The molecular weight excluding hydrogens is 236 g/mol. The summed E-state index contributed by atoms with van der Waals surface area (Å²) in [7, 11) is 1.41. The van der Waals surface area contributed by atoms with E-state index < -0.39 is 18.0 Å². The summed E-state index contributed by atoms with van der Waals surface area (Å²) in [6.45, 7) is 0.140. The number of ether oxygens (including phenoxy) is 2. The maximum absolute atomic E-state index is 11.4. The van der Waals surface area contributed by atoms with Gasteiger partial charge >= 0.3 is 6.09 Å². The van der Waals surface area contributed by atoms with Gasteiger partial charge in [0, 0.05) is 7.11 Å². The summed E-state index contributed by atoms with van der Waals surface area (Å²) in [6, 6.07) is 8.31. The van der Waals surface area contributed by atoms with Gasteiger partial charge in [-0.2, -0.15) is 0 Å². The summed E-state index contributed by atoms with van der Waals surface area (Å²) in [6.07, 6.45) is -0.709. The van der Waals surface area contributed by atoms with Gasteiger partial charge < -0.3 is 20.5 Å². The highest BCUT2D eigenvalue weighted by Gasteiger charge is 2.18. The van der Waals surface area contributed by atoms with Crippen molar-refractivity contribution < 1.29 is 19.1 Å². The first kappa shape index (κ1) is 14.0. The van der Waals surface area contributed by atoms with Crippen molar-refractivity contribution in [3.63, 3.8) is 0 Å². The second-order valence-corrected chi connectivity index (χ2v) is 3.62. The van der Waals surface area contributed by atoms with Crippen LogP contribution in [0.25, 0.3) is 0 Å².